The molecule has 0 aromatic heterocycles. The van der Waals surface area contributed by atoms with E-state index in [0.717, 1.165) is 6.92 Å². The fourth-order valence-corrected chi connectivity index (χ4v) is 1.11. The summed E-state index contributed by atoms with van der Waals surface area (Å²) in [4.78, 5) is 32.0. The molecule has 2 N–H and O–H groups in total. The molecule has 0 aliphatic carbocycles. The number of esters is 1. The molecule has 15 heavy (non-hydrogen) atoms. The third kappa shape index (κ3) is 3.97. The third-order valence-corrected chi connectivity index (χ3v) is 2.07. The van der Waals surface area contributed by atoms with Crippen LogP contribution in [0.25, 0.3) is 0 Å². The molecule has 0 rings (SSSR count). The number of carboxylic acids is 2. The molecule has 6 heteroatoms. The number of hydrogen-bond donors (Lipinski definition) is 2. The first-order valence-corrected chi connectivity index (χ1v) is 4.40. The van der Waals surface area contributed by atoms with Gasteiger partial charge in [0.1, 0.15) is 6.10 Å². The summed E-state index contributed by atoms with van der Waals surface area (Å²) in [6.07, 6.45) is -1.16. The molecular weight excluding hydrogens is 204 g/mol. The Balaban J connectivity index is 4.79. The standard InChI is InChI=1S/C9H14O6/c1-4(8(11)12)7(15-6(3)10)5(2)9(13)14/h4-5,7H,1-3H3,(H,11,12)(H,13,14). The number of carbonyl (C=O) groups is 3. The van der Waals surface area contributed by atoms with Gasteiger partial charge in [0.05, 0.1) is 11.8 Å². The van der Waals surface area contributed by atoms with E-state index in [1.807, 2.05) is 0 Å². The van der Waals surface area contributed by atoms with Crippen molar-refractivity contribution >= 4 is 17.9 Å². The molecule has 6 nitrogen and oxygen atoms in total. The van der Waals surface area contributed by atoms with Crippen LogP contribution < -0.4 is 0 Å². The van der Waals surface area contributed by atoms with Gasteiger partial charge in [0, 0.05) is 6.92 Å². The molecule has 0 radical (unpaired) electrons. The highest BCUT2D eigenvalue weighted by Crippen LogP contribution is 2.18. The predicted molar refractivity (Wildman–Crippen MR) is 49.2 cm³/mol. The van der Waals surface area contributed by atoms with E-state index in [2.05, 4.69) is 0 Å². The van der Waals surface area contributed by atoms with Gasteiger partial charge in [-0.25, -0.2) is 0 Å². The second-order valence-corrected chi connectivity index (χ2v) is 3.33. The molecule has 86 valence electrons. The zero-order valence-corrected chi connectivity index (χ0v) is 8.76. The summed E-state index contributed by atoms with van der Waals surface area (Å²) in [6.45, 7) is 3.71. The van der Waals surface area contributed by atoms with Gasteiger partial charge in [-0.1, -0.05) is 0 Å². The molecule has 0 saturated carbocycles. The van der Waals surface area contributed by atoms with Gasteiger partial charge in [0.2, 0.25) is 0 Å². The van der Waals surface area contributed by atoms with Gasteiger partial charge in [-0.3, -0.25) is 14.4 Å². The second kappa shape index (κ2) is 5.33. The van der Waals surface area contributed by atoms with Crippen LogP contribution in [-0.4, -0.2) is 34.2 Å². The maximum absolute atomic E-state index is 10.7. The molecule has 0 heterocycles. The second-order valence-electron chi connectivity index (χ2n) is 3.33. The largest absolute Gasteiger partial charge is 0.481 e. The van der Waals surface area contributed by atoms with Gasteiger partial charge in [-0.05, 0) is 13.8 Å². The van der Waals surface area contributed by atoms with Gasteiger partial charge >= 0.3 is 17.9 Å². The minimum Gasteiger partial charge on any atom is -0.481 e. The highest BCUT2D eigenvalue weighted by atomic mass is 16.5. The van der Waals surface area contributed by atoms with Crippen molar-refractivity contribution in [2.75, 3.05) is 0 Å². The van der Waals surface area contributed by atoms with Crippen LogP contribution in [0.5, 0.6) is 0 Å². The molecule has 0 spiro atoms. The van der Waals surface area contributed by atoms with Crippen molar-refractivity contribution < 1.29 is 29.3 Å². The van der Waals surface area contributed by atoms with Crippen LogP contribution in [0.2, 0.25) is 0 Å². The lowest BCUT2D eigenvalue weighted by molar-refractivity contribution is -0.164. The summed E-state index contributed by atoms with van der Waals surface area (Å²) in [5.74, 6) is -5.20. The van der Waals surface area contributed by atoms with Crippen LogP contribution in [0.15, 0.2) is 0 Å². The minimum atomic E-state index is -1.20. The minimum absolute atomic E-state index is 0.693. The van der Waals surface area contributed by atoms with Crippen LogP contribution in [0.3, 0.4) is 0 Å². The zero-order valence-electron chi connectivity index (χ0n) is 8.76. The first-order valence-electron chi connectivity index (χ1n) is 4.40. The summed E-state index contributed by atoms with van der Waals surface area (Å²) in [6, 6.07) is 0. The van der Waals surface area contributed by atoms with E-state index < -0.39 is 35.8 Å². The Morgan fingerprint density at radius 1 is 1.00 bits per heavy atom. The molecule has 0 aromatic rings. The molecule has 0 bridgehead atoms. The summed E-state index contributed by atoms with van der Waals surface area (Å²) in [7, 11) is 0. The first-order chi connectivity index (χ1) is 6.77. The number of carboxylic acid groups (broad SMARTS) is 2. The van der Waals surface area contributed by atoms with Crippen LogP contribution in [0.4, 0.5) is 0 Å². The third-order valence-electron chi connectivity index (χ3n) is 2.07. The summed E-state index contributed by atoms with van der Waals surface area (Å²) < 4.78 is 4.70. The van der Waals surface area contributed by atoms with E-state index in [-0.39, 0.29) is 0 Å². The quantitative estimate of drug-likeness (QED) is 0.646. The smallest absolute Gasteiger partial charge is 0.310 e. The monoisotopic (exact) mass is 218 g/mol. The molecule has 2 unspecified atom stereocenters. The van der Waals surface area contributed by atoms with Crippen molar-refractivity contribution in [3.8, 4) is 0 Å². The van der Waals surface area contributed by atoms with Crippen LogP contribution in [0.1, 0.15) is 20.8 Å². The number of rotatable bonds is 5. The number of ether oxygens (including phenoxy) is 1. The van der Waals surface area contributed by atoms with Crippen LogP contribution in [0, 0.1) is 11.8 Å². The van der Waals surface area contributed by atoms with Crippen molar-refractivity contribution in [2.45, 2.75) is 26.9 Å². The van der Waals surface area contributed by atoms with E-state index >= 15 is 0 Å². The fraction of sp³-hybridized carbons (Fsp3) is 0.667. The van der Waals surface area contributed by atoms with Crippen molar-refractivity contribution in [1.82, 2.24) is 0 Å². The Morgan fingerprint density at radius 2 is 1.33 bits per heavy atom. The highest BCUT2D eigenvalue weighted by Gasteiger charge is 2.35. The lowest BCUT2D eigenvalue weighted by Crippen LogP contribution is -2.38. The molecule has 0 amide bonds. The summed E-state index contributed by atoms with van der Waals surface area (Å²) in [5, 5.41) is 17.4. The first kappa shape index (κ1) is 13.4. The van der Waals surface area contributed by atoms with E-state index in [1.54, 1.807) is 0 Å². The van der Waals surface area contributed by atoms with Gasteiger partial charge in [0.25, 0.3) is 0 Å². The van der Waals surface area contributed by atoms with Gasteiger partial charge in [-0.15, -0.1) is 0 Å². The molecule has 0 aliphatic heterocycles. The Hall–Kier alpha value is -1.59. The van der Waals surface area contributed by atoms with Crippen molar-refractivity contribution in [3.63, 3.8) is 0 Å². The van der Waals surface area contributed by atoms with Gasteiger partial charge in [-0.2, -0.15) is 0 Å². The van der Waals surface area contributed by atoms with Gasteiger partial charge < -0.3 is 14.9 Å². The number of aliphatic carboxylic acids is 2. The Labute approximate surface area is 86.8 Å². The lowest BCUT2D eigenvalue weighted by Gasteiger charge is -2.23. The van der Waals surface area contributed by atoms with Gasteiger partial charge in [0.15, 0.2) is 0 Å². The summed E-state index contributed by atoms with van der Waals surface area (Å²) >= 11 is 0. The number of hydrogen-bond acceptors (Lipinski definition) is 4. The molecule has 0 saturated heterocycles. The lowest BCUT2D eigenvalue weighted by atomic mass is 9.93. The molecule has 0 fully saturated rings. The Bertz CT molecular complexity index is 252. The molecular formula is C9H14O6. The molecule has 0 aromatic carbocycles. The topological polar surface area (TPSA) is 101 Å². The SMILES string of the molecule is CC(=O)OC(C(C)C(=O)O)C(C)C(=O)O. The molecule has 2 atom stereocenters. The maximum Gasteiger partial charge on any atom is 0.310 e. The normalized spacial score (nSPS) is 16.2. The maximum atomic E-state index is 10.7. The van der Waals surface area contributed by atoms with E-state index in [0.29, 0.717) is 0 Å². The van der Waals surface area contributed by atoms with Crippen molar-refractivity contribution in [2.24, 2.45) is 11.8 Å². The predicted octanol–water partition coefficient (Wildman–Crippen LogP) is 0.360. The van der Waals surface area contributed by atoms with E-state index in [9.17, 15) is 14.4 Å². The van der Waals surface area contributed by atoms with Crippen molar-refractivity contribution in [3.05, 3.63) is 0 Å². The zero-order chi connectivity index (χ0) is 12.2. The average molecular weight is 218 g/mol. The Morgan fingerprint density at radius 3 is 1.53 bits per heavy atom. The Kier molecular flexibility index (Phi) is 4.77. The highest BCUT2D eigenvalue weighted by molar-refractivity contribution is 5.76. The van der Waals surface area contributed by atoms with Crippen LogP contribution in [-0.2, 0) is 19.1 Å². The molecule has 0 aliphatic rings. The summed E-state index contributed by atoms with van der Waals surface area (Å²) in [5.41, 5.74) is 0. The number of carbonyl (C=O) groups excluding carboxylic acids is 1. The van der Waals surface area contributed by atoms with E-state index in [1.165, 1.54) is 13.8 Å². The van der Waals surface area contributed by atoms with Crippen LogP contribution >= 0.6 is 0 Å². The van der Waals surface area contributed by atoms with Crippen molar-refractivity contribution in [1.29, 1.82) is 0 Å². The van der Waals surface area contributed by atoms with E-state index in [4.69, 9.17) is 14.9 Å². The average Bonchev–Trinajstić information content (AvgIpc) is 2.11. The fourth-order valence-electron chi connectivity index (χ4n) is 1.11.